The van der Waals surface area contributed by atoms with Gasteiger partial charge in [0.05, 0.1) is 29.9 Å². The van der Waals surface area contributed by atoms with Gasteiger partial charge in [0.1, 0.15) is 17.3 Å². The van der Waals surface area contributed by atoms with E-state index in [2.05, 4.69) is 26.3 Å². The van der Waals surface area contributed by atoms with E-state index >= 15 is 0 Å². The number of aromatic nitrogens is 2. The molecule has 0 radical (unpaired) electrons. The largest absolute Gasteiger partial charge is 0.486 e. The third-order valence-corrected chi connectivity index (χ3v) is 9.88. The monoisotopic (exact) mass is 665 g/mol. The number of hydrogen-bond acceptors (Lipinski definition) is 7. The molecule has 2 aliphatic rings. The molecule has 2 fully saturated rings. The first-order valence-corrected chi connectivity index (χ1v) is 15.7. The lowest BCUT2D eigenvalue weighted by atomic mass is 10.2. The highest BCUT2D eigenvalue weighted by Crippen LogP contribution is 2.45. The standard InChI is InChI=1S/C28H30BrF2N5O5S/c1-18(37)33-24-11-19(3-4-23(24)29)16-42(39,40)35-9-7-34(8-10-35)25-15-32-36(22-13-20(30)12-21(31)14-22)27(38)26(25)41-17-28(2)5-6-28/h3-4,11-15H,5-10,16-17H2,1-2H3,(H,33,37). The zero-order valence-electron chi connectivity index (χ0n) is 23.1. The molecule has 2 heterocycles. The second-order valence-corrected chi connectivity index (χ2v) is 13.8. The van der Waals surface area contributed by atoms with Crippen LogP contribution in [0.25, 0.3) is 5.69 Å². The summed E-state index contributed by atoms with van der Waals surface area (Å²) in [7, 11) is -3.70. The first-order valence-electron chi connectivity index (χ1n) is 13.3. The molecule has 42 heavy (non-hydrogen) atoms. The fourth-order valence-electron chi connectivity index (χ4n) is 4.70. The molecule has 1 aromatic heterocycles. The zero-order chi connectivity index (χ0) is 30.2. The van der Waals surface area contributed by atoms with Gasteiger partial charge in [0.2, 0.25) is 21.7 Å². The summed E-state index contributed by atoms with van der Waals surface area (Å²) < 4.78 is 63.3. The average molecular weight is 667 g/mol. The quantitative estimate of drug-likeness (QED) is 0.367. The van der Waals surface area contributed by atoms with E-state index in [1.54, 1.807) is 18.2 Å². The summed E-state index contributed by atoms with van der Waals surface area (Å²) in [5, 5.41) is 6.84. The van der Waals surface area contributed by atoms with Gasteiger partial charge in [-0.1, -0.05) is 13.0 Å². The van der Waals surface area contributed by atoms with Crippen molar-refractivity contribution in [1.82, 2.24) is 14.1 Å². The number of amides is 1. The van der Waals surface area contributed by atoms with Crippen LogP contribution in [0.4, 0.5) is 20.2 Å². The van der Waals surface area contributed by atoms with Crippen LogP contribution >= 0.6 is 15.9 Å². The fraction of sp³-hybridized carbons (Fsp3) is 0.393. The van der Waals surface area contributed by atoms with Gasteiger partial charge in [-0.05, 0) is 58.6 Å². The van der Waals surface area contributed by atoms with Crippen molar-refractivity contribution in [2.24, 2.45) is 5.41 Å². The summed E-state index contributed by atoms with van der Waals surface area (Å²) in [6, 6.07) is 7.72. The number of nitrogens with zero attached hydrogens (tertiary/aromatic N) is 4. The molecule has 3 aromatic rings. The van der Waals surface area contributed by atoms with E-state index in [-0.39, 0.29) is 54.7 Å². The molecule has 2 aromatic carbocycles. The smallest absolute Gasteiger partial charge is 0.316 e. The van der Waals surface area contributed by atoms with Gasteiger partial charge < -0.3 is 15.0 Å². The number of sulfonamides is 1. The maximum absolute atomic E-state index is 13.9. The molecule has 1 amide bonds. The van der Waals surface area contributed by atoms with Gasteiger partial charge in [-0.25, -0.2) is 17.2 Å². The molecule has 10 nitrogen and oxygen atoms in total. The number of anilines is 2. The average Bonchev–Trinajstić information content (AvgIpc) is 3.66. The molecule has 0 spiro atoms. The first-order chi connectivity index (χ1) is 19.8. The fourth-order valence-corrected chi connectivity index (χ4v) is 6.55. The molecule has 0 unspecified atom stereocenters. The maximum Gasteiger partial charge on any atom is 0.316 e. The Balaban J connectivity index is 1.35. The minimum Gasteiger partial charge on any atom is -0.486 e. The maximum atomic E-state index is 13.9. The molecular formula is C28H30BrF2N5O5S. The molecule has 1 saturated heterocycles. The van der Waals surface area contributed by atoms with E-state index < -0.39 is 27.2 Å². The highest BCUT2D eigenvalue weighted by Gasteiger charge is 2.39. The Morgan fingerprint density at radius 3 is 2.38 bits per heavy atom. The van der Waals surface area contributed by atoms with Gasteiger partial charge in [-0.15, -0.1) is 0 Å². The first kappa shape index (κ1) is 30.1. The lowest BCUT2D eigenvalue weighted by Gasteiger charge is -2.35. The second-order valence-electron chi connectivity index (χ2n) is 10.9. The third-order valence-electron chi connectivity index (χ3n) is 7.34. The van der Waals surface area contributed by atoms with Gasteiger partial charge in [0, 0.05) is 49.1 Å². The highest BCUT2D eigenvalue weighted by atomic mass is 79.9. The molecule has 1 aliphatic carbocycles. The summed E-state index contributed by atoms with van der Waals surface area (Å²) in [6.07, 6.45) is 3.32. The number of carbonyl (C=O) groups is 1. The van der Waals surface area contributed by atoms with Crippen LogP contribution in [0, 0.1) is 17.0 Å². The SMILES string of the molecule is CC(=O)Nc1cc(CS(=O)(=O)N2CCN(c3cnn(-c4cc(F)cc(F)c4)c(=O)c3OCC3(C)CC3)CC2)ccc1Br. The van der Waals surface area contributed by atoms with Crippen LogP contribution in [-0.4, -0.2) is 61.2 Å². The summed E-state index contributed by atoms with van der Waals surface area (Å²) in [5.74, 6) is -2.21. The van der Waals surface area contributed by atoms with Crippen LogP contribution in [0.5, 0.6) is 5.75 Å². The lowest BCUT2D eigenvalue weighted by Crippen LogP contribution is -2.49. The topological polar surface area (TPSA) is 114 Å². The zero-order valence-corrected chi connectivity index (χ0v) is 25.5. The van der Waals surface area contributed by atoms with Gasteiger partial charge in [0.25, 0.3) is 0 Å². The number of carbonyl (C=O) groups excluding carboxylic acids is 1. The summed E-state index contributed by atoms with van der Waals surface area (Å²) >= 11 is 3.35. The predicted molar refractivity (Wildman–Crippen MR) is 157 cm³/mol. The molecular weight excluding hydrogens is 636 g/mol. The molecule has 1 aliphatic heterocycles. The molecule has 224 valence electrons. The van der Waals surface area contributed by atoms with E-state index in [4.69, 9.17) is 4.74 Å². The molecule has 1 N–H and O–H groups in total. The molecule has 5 rings (SSSR count). The highest BCUT2D eigenvalue weighted by molar-refractivity contribution is 9.10. The van der Waals surface area contributed by atoms with Crippen molar-refractivity contribution in [3.05, 3.63) is 74.6 Å². The summed E-state index contributed by atoms with van der Waals surface area (Å²) in [4.78, 5) is 26.8. The van der Waals surface area contributed by atoms with Crippen LogP contribution in [0.3, 0.4) is 0 Å². The molecule has 0 atom stereocenters. The van der Waals surface area contributed by atoms with Crippen molar-refractivity contribution in [3.8, 4) is 11.4 Å². The van der Waals surface area contributed by atoms with Crippen LogP contribution in [-0.2, 0) is 20.6 Å². The molecule has 0 bridgehead atoms. The summed E-state index contributed by atoms with van der Waals surface area (Å²) in [5.41, 5.74) is 0.606. The lowest BCUT2D eigenvalue weighted by molar-refractivity contribution is -0.114. The van der Waals surface area contributed by atoms with Crippen molar-refractivity contribution >= 4 is 43.2 Å². The van der Waals surface area contributed by atoms with E-state index in [9.17, 15) is 26.8 Å². The van der Waals surface area contributed by atoms with Gasteiger partial charge in [-0.2, -0.15) is 14.1 Å². The van der Waals surface area contributed by atoms with E-state index in [0.29, 0.717) is 34.1 Å². The Hall–Kier alpha value is -3.36. The Morgan fingerprint density at radius 1 is 1.10 bits per heavy atom. The van der Waals surface area contributed by atoms with Gasteiger partial charge in [0.15, 0.2) is 0 Å². The number of nitrogens with one attached hydrogen (secondary N) is 1. The minimum atomic E-state index is -3.70. The van der Waals surface area contributed by atoms with Crippen LogP contribution in [0.15, 0.2) is 51.9 Å². The van der Waals surface area contributed by atoms with Crippen molar-refractivity contribution in [2.45, 2.75) is 32.4 Å². The van der Waals surface area contributed by atoms with E-state index in [1.165, 1.54) is 17.4 Å². The van der Waals surface area contributed by atoms with Crippen LogP contribution in [0.1, 0.15) is 32.3 Å². The third kappa shape index (κ3) is 6.81. The number of piperazine rings is 1. The van der Waals surface area contributed by atoms with Crippen LogP contribution in [0.2, 0.25) is 0 Å². The summed E-state index contributed by atoms with van der Waals surface area (Å²) in [6.45, 7) is 4.56. The van der Waals surface area contributed by atoms with Crippen LogP contribution < -0.4 is 20.5 Å². The molecule has 14 heteroatoms. The second kappa shape index (κ2) is 11.7. The Morgan fingerprint density at radius 2 is 1.76 bits per heavy atom. The van der Waals surface area contributed by atoms with Gasteiger partial charge >= 0.3 is 5.56 Å². The Labute approximate surface area is 250 Å². The van der Waals surface area contributed by atoms with Crippen molar-refractivity contribution in [1.29, 1.82) is 0 Å². The predicted octanol–water partition coefficient (Wildman–Crippen LogP) is 4.06. The van der Waals surface area contributed by atoms with Gasteiger partial charge in [-0.3, -0.25) is 9.59 Å². The number of benzene rings is 2. The normalized spacial score (nSPS) is 16.7. The van der Waals surface area contributed by atoms with E-state index in [0.717, 1.165) is 29.7 Å². The number of rotatable bonds is 9. The Kier molecular flexibility index (Phi) is 8.41. The number of ether oxygens (including phenoxy) is 1. The minimum absolute atomic E-state index is 0.000496. The van der Waals surface area contributed by atoms with E-state index in [1.807, 2.05) is 11.8 Å². The Bertz CT molecular complexity index is 1670. The molecule has 1 saturated carbocycles. The van der Waals surface area contributed by atoms with Crippen molar-refractivity contribution < 1.29 is 26.7 Å². The number of halogens is 3. The number of hydrogen-bond donors (Lipinski definition) is 1. The van der Waals surface area contributed by atoms with Crippen molar-refractivity contribution in [3.63, 3.8) is 0 Å². The van der Waals surface area contributed by atoms with Crippen molar-refractivity contribution in [2.75, 3.05) is 43.0 Å².